The third-order valence-electron chi connectivity index (χ3n) is 3.41. The van der Waals surface area contributed by atoms with Crippen LogP contribution in [0, 0.1) is 24.5 Å². The van der Waals surface area contributed by atoms with E-state index >= 15 is 0 Å². The molecular formula is C16H25F2NO. The van der Waals surface area contributed by atoms with Gasteiger partial charge in [0.25, 0.3) is 0 Å². The van der Waals surface area contributed by atoms with Gasteiger partial charge in [-0.2, -0.15) is 0 Å². The summed E-state index contributed by atoms with van der Waals surface area (Å²) in [6.45, 7) is 10.7. The van der Waals surface area contributed by atoms with Crippen molar-refractivity contribution in [1.82, 2.24) is 5.32 Å². The molecule has 20 heavy (non-hydrogen) atoms. The first-order valence-electron chi connectivity index (χ1n) is 7.23. The number of benzene rings is 1. The quantitative estimate of drug-likeness (QED) is 0.818. The van der Waals surface area contributed by atoms with Gasteiger partial charge in [0.05, 0.1) is 12.1 Å². The molecule has 2 atom stereocenters. The smallest absolute Gasteiger partial charge is 0.163 e. The number of halogens is 2. The van der Waals surface area contributed by atoms with Crippen LogP contribution in [0.4, 0.5) is 8.78 Å². The molecule has 0 amide bonds. The third-order valence-corrected chi connectivity index (χ3v) is 3.41. The van der Waals surface area contributed by atoms with Crippen LogP contribution in [0.3, 0.4) is 0 Å². The van der Waals surface area contributed by atoms with E-state index in [9.17, 15) is 8.78 Å². The van der Waals surface area contributed by atoms with Gasteiger partial charge in [-0.05, 0) is 31.9 Å². The van der Waals surface area contributed by atoms with Crippen molar-refractivity contribution in [3.8, 4) is 0 Å². The van der Waals surface area contributed by atoms with Crippen molar-refractivity contribution in [2.45, 2.75) is 46.8 Å². The van der Waals surface area contributed by atoms with Crippen molar-refractivity contribution < 1.29 is 13.5 Å². The van der Waals surface area contributed by atoms with Gasteiger partial charge >= 0.3 is 0 Å². The molecule has 0 aliphatic rings. The van der Waals surface area contributed by atoms with Crippen LogP contribution >= 0.6 is 0 Å². The Kier molecular flexibility index (Phi) is 6.56. The predicted molar refractivity (Wildman–Crippen MR) is 77.8 cm³/mol. The Hall–Kier alpha value is -1.00. The van der Waals surface area contributed by atoms with Crippen LogP contribution in [-0.2, 0) is 4.74 Å². The Morgan fingerprint density at radius 1 is 1.15 bits per heavy atom. The molecule has 0 radical (unpaired) electrons. The fourth-order valence-corrected chi connectivity index (χ4v) is 2.39. The highest BCUT2D eigenvalue weighted by atomic mass is 19.2. The molecule has 0 aromatic heterocycles. The number of hydrogen-bond donors (Lipinski definition) is 1. The molecule has 4 heteroatoms. The number of nitrogens with one attached hydrogen (secondary N) is 1. The summed E-state index contributed by atoms with van der Waals surface area (Å²) in [4.78, 5) is 0. The first-order valence-corrected chi connectivity index (χ1v) is 7.23. The van der Waals surface area contributed by atoms with Gasteiger partial charge in [0, 0.05) is 12.2 Å². The van der Waals surface area contributed by atoms with Crippen molar-refractivity contribution in [3.63, 3.8) is 0 Å². The van der Waals surface area contributed by atoms with Crippen LogP contribution in [-0.4, -0.2) is 19.3 Å². The summed E-state index contributed by atoms with van der Waals surface area (Å²) in [6.07, 6.45) is -0.198. The van der Waals surface area contributed by atoms with Crippen molar-refractivity contribution in [3.05, 3.63) is 34.9 Å². The number of rotatable bonds is 7. The molecule has 2 nitrogen and oxygen atoms in total. The third kappa shape index (κ3) is 3.76. The molecule has 0 aliphatic heterocycles. The molecule has 1 N–H and O–H groups in total. The zero-order valence-corrected chi connectivity index (χ0v) is 13.0. The monoisotopic (exact) mass is 285 g/mol. The van der Waals surface area contributed by atoms with E-state index in [1.54, 1.807) is 19.1 Å². The lowest BCUT2D eigenvalue weighted by atomic mass is 9.92. The molecule has 114 valence electrons. The van der Waals surface area contributed by atoms with E-state index in [2.05, 4.69) is 5.32 Å². The summed E-state index contributed by atoms with van der Waals surface area (Å²) in [7, 11) is 0. The molecular weight excluding hydrogens is 260 g/mol. The first-order chi connectivity index (χ1) is 9.43. The molecule has 1 rings (SSSR count). The van der Waals surface area contributed by atoms with E-state index in [4.69, 9.17) is 4.74 Å². The second-order valence-corrected chi connectivity index (χ2v) is 5.30. The molecule has 0 heterocycles. The molecule has 0 saturated heterocycles. The second-order valence-electron chi connectivity index (χ2n) is 5.30. The summed E-state index contributed by atoms with van der Waals surface area (Å²) >= 11 is 0. The predicted octanol–water partition coefficient (Wildman–Crippen LogP) is 3.98. The Morgan fingerprint density at radius 3 is 2.30 bits per heavy atom. The van der Waals surface area contributed by atoms with Gasteiger partial charge in [0.1, 0.15) is 0 Å². The minimum atomic E-state index is -0.777. The molecule has 0 bridgehead atoms. The highest BCUT2D eigenvalue weighted by Gasteiger charge is 2.29. The van der Waals surface area contributed by atoms with Crippen LogP contribution < -0.4 is 5.32 Å². The van der Waals surface area contributed by atoms with E-state index in [0.29, 0.717) is 24.3 Å². The van der Waals surface area contributed by atoms with Gasteiger partial charge in [-0.1, -0.05) is 32.9 Å². The Bertz CT molecular complexity index is 435. The number of ether oxygens (including phenoxy) is 1. The van der Waals surface area contributed by atoms with Gasteiger partial charge in [-0.25, -0.2) is 8.78 Å². The minimum Gasteiger partial charge on any atom is -0.376 e. The van der Waals surface area contributed by atoms with Crippen LogP contribution in [0.1, 0.15) is 44.9 Å². The second kappa shape index (κ2) is 7.70. The standard InChI is InChI=1S/C16H25F2NO/c1-6-19-15(16(10(3)4)20-7-2)12-9-8-11(5)13(17)14(12)18/h8-10,15-16,19H,6-7H2,1-5H3. The lowest BCUT2D eigenvalue weighted by Gasteiger charge is -2.31. The zero-order chi connectivity index (χ0) is 15.3. The maximum Gasteiger partial charge on any atom is 0.163 e. The van der Waals surface area contributed by atoms with Gasteiger partial charge in [-0.3, -0.25) is 0 Å². The maximum absolute atomic E-state index is 14.2. The SMILES string of the molecule is CCNC(c1ccc(C)c(F)c1F)C(OCC)C(C)C. The summed E-state index contributed by atoms with van der Waals surface area (Å²) in [5.41, 5.74) is 0.654. The molecule has 0 fully saturated rings. The van der Waals surface area contributed by atoms with Gasteiger partial charge in [0.15, 0.2) is 11.6 Å². The Morgan fingerprint density at radius 2 is 1.80 bits per heavy atom. The van der Waals surface area contributed by atoms with Gasteiger partial charge in [-0.15, -0.1) is 0 Å². The number of likely N-dealkylation sites (N-methyl/N-ethyl adjacent to an activating group) is 1. The summed E-state index contributed by atoms with van der Waals surface area (Å²) in [6, 6.07) is 2.91. The average molecular weight is 285 g/mol. The van der Waals surface area contributed by atoms with Crippen molar-refractivity contribution >= 4 is 0 Å². The largest absolute Gasteiger partial charge is 0.376 e. The van der Waals surface area contributed by atoms with Crippen LogP contribution in [0.15, 0.2) is 12.1 Å². The molecule has 0 spiro atoms. The topological polar surface area (TPSA) is 21.3 Å². The normalized spacial score (nSPS) is 14.6. The number of aryl methyl sites for hydroxylation is 1. The fourth-order valence-electron chi connectivity index (χ4n) is 2.39. The Labute approximate surface area is 120 Å². The van der Waals surface area contributed by atoms with Crippen molar-refractivity contribution in [2.24, 2.45) is 5.92 Å². The average Bonchev–Trinajstić information content (AvgIpc) is 2.40. The van der Waals surface area contributed by atoms with Crippen molar-refractivity contribution in [2.75, 3.05) is 13.2 Å². The fraction of sp³-hybridized carbons (Fsp3) is 0.625. The maximum atomic E-state index is 14.2. The zero-order valence-electron chi connectivity index (χ0n) is 13.0. The molecule has 2 unspecified atom stereocenters. The van der Waals surface area contributed by atoms with E-state index in [0.717, 1.165) is 0 Å². The van der Waals surface area contributed by atoms with Crippen LogP contribution in [0.2, 0.25) is 0 Å². The summed E-state index contributed by atoms with van der Waals surface area (Å²) in [5, 5.41) is 3.22. The molecule has 0 aliphatic carbocycles. The lowest BCUT2D eigenvalue weighted by molar-refractivity contribution is 0.00223. The van der Waals surface area contributed by atoms with E-state index < -0.39 is 11.6 Å². The van der Waals surface area contributed by atoms with E-state index in [1.807, 2.05) is 27.7 Å². The lowest BCUT2D eigenvalue weighted by Crippen LogP contribution is -2.38. The van der Waals surface area contributed by atoms with E-state index in [1.165, 1.54) is 0 Å². The Balaban J connectivity index is 3.22. The van der Waals surface area contributed by atoms with Crippen molar-refractivity contribution in [1.29, 1.82) is 0 Å². The van der Waals surface area contributed by atoms with Gasteiger partial charge < -0.3 is 10.1 Å². The minimum absolute atomic E-state index is 0.197. The van der Waals surface area contributed by atoms with Crippen LogP contribution in [0.25, 0.3) is 0 Å². The highest BCUT2D eigenvalue weighted by molar-refractivity contribution is 5.28. The molecule has 1 aromatic rings. The molecule has 1 aromatic carbocycles. The number of hydrogen-bond acceptors (Lipinski definition) is 2. The summed E-state index contributed by atoms with van der Waals surface area (Å²) < 4.78 is 33.8. The first kappa shape index (κ1) is 17.1. The summed E-state index contributed by atoms with van der Waals surface area (Å²) in [5.74, 6) is -1.35. The molecule has 0 saturated carbocycles. The van der Waals surface area contributed by atoms with Crippen LogP contribution in [0.5, 0.6) is 0 Å². The van der Waals surface area contributed by atoms with E-state index in [-0.39, 0.29) is 18.1 Å². The van der Waals surface area contributed by atoms with Gasteiger partial charge in [0.2, 0.25) is 0 Å². The highest BCUT2D eigenvalue weighted by Crippen LogP contribution is 2.29.